The zero-order valence-electron chi connectivity index (χ0n) is 11.5. The highest BCUT2D eigenvalue weighted by Crippen LogP contribution is 2.15. The van der Waals surface area contributed by atoms with Gasteiger partial charge in [0.1, 0.15) is 0 Å². The number of piperidine rings is 1. The summed E-state index contributed by atoms with van der Waals surface area (Å²) in [6.07, 6.45) is 2.65. The minimum atomic E-state index is -0.343. The van der Waals surface area contributed by atoms with Crippen LogP contribution in [0.3, 0.4) is 0 Å². The lowest BCUT2D eigenvalue weighted by molar-refractivity contribution is 0.100. The van der Waals surface area contributed by atoms with Crippen LogP contribution in [0.2, 0.25) is 0 Å². The summed E-state index contributed by atoms with van der Waals surface area (Å²) in [6.45, 7) is 7.73. The molecule has 0 bridgehead atoms. The molecule has 1 aliphatic heterocycles. The Morgan fingerprint density at radius 2 is 2.26 bits per heavy atom. The number of carbonyl (C=O) groups excluding carboxylic acids is 1. The molecule has 0 unspecified atom stereocenters. The highest BCUT2D eigenvalue weighted by atomic mass is 32.1. The molecule has 106 valence electrons. The van der Waals surface area contributed by atoms with E-state index < -0.39 is 0 Å². The number of nitrogens with one attached hydrogen (secondary N) is 1. The van der Waals surface area contributed by atoms with Crippen molar-refractivity contribution in [3.05, 3.63) is 21.9 Å². The Kier molecular flexibility index (Phi) is 5.36. The summed E-state index contributed by atoms with van der Waals surface area (Å²) < 4.78 is 0. The smallest absolute Gasteiger partial charge is 0.249 e. The van der Waals surface area contributed by atoms with E-state index in [0.29, 0.717) is 5.56 Å². The van der Waals surface area contributed by atoms with E-state index in [2.05, 4.69) is 17.1 Å². The van der Waals surface area contributed by atoms with Gasteiger partial charge in [-0.25, -0.2) is 0 Å². The molecule has 5 heteroatoms. The van der Waals surface area contributed by atoms with E-state index in [9.17, 15) is 4.79 Å². The first kappa shape index (κ1) is 14.5. The molecule has 0 saturated carbocycles. The molecular formula is C14H23N3OS. The number of thiophene rings is 1. The third-order valence-corrected chi connectivity index (χ3v) is 4.66. The van der Waals surface area contributed by atoms with Gasteiger partial charge in [0.05, 0.1) is 5.56 Å². The van der Waals surface area contributed by atoms with E-state index >= 15 is 0 Å². The first-order valence-corrected chi connectivity index (χ1v) is 7.83. The van der Waals surface area contributed by atoms with Crippen molar-refractivity contribution in [3.8, 4) is 0 Å². The molecule has 1 aromatic heterocycles. The van der Waals surface area contributed by atoms with Crippen molar-refractivity contribution in [2.24, 2.45) is 11.7 Å². The van der Waals surface area contributed by atoms with Gasteiger partial charge in [0.25, 0.3) is 0 Å². The fourth-order valence-electron chi connectivity index (χ4n) is 2.34. The van der Waals surface area contributed by atoms with Crippen LogP contribution in [0.5, 0.6) is 0 Å². The van der Waals surface area contributed by atoms with Gasteiger partial charge in [-0.05, 0) is 37.9 Å². The summed E-state index contributed by atoms with van der Waals surface area (Å²) in [7, 11) is 0. The zero-order valence-corrected chi connectivity index (χ0v) is 12.3. The first-order valence-electron chi connectivity index (χ1n) is 6.95. The molecule has 0 spiro atoms. The van der Waals surface area contributed by atoms with Crippen LogP contribution in [0.25, 0.3) is 0 Å². The van der Waals surface area contributed by atoms with Crippen LogP contribution in [0.4, 0.5) is 0 Å². The number of nitrogens with zero attached hydrogens (tertiary/aromatic N) is 1. The number of primary amides is 1. The molecule has 0 radical (unpaired) electrons. The Hall–Kier alpha value is -0.910. The van der Waals surface area contributed by atoms with Gasteiger partial charge in [-0.3, -0.25) is 4.79 Å². The Balaban J connectivity index is 1.62. The number of nitrogens with two attached hydrogens (primary N) is 1. The van der Waals surface area contributed by atoms with Crippen LogP contribution in [-0.2, 0) is 6.54 Å². The number of rotatable bonds is 6. The topological polar surface area (TPSA) is 58.4 Å². The van der Waals surface area contributed by atoms with Crippen molar-refractivity contribution in [3.63, 3.8) is 0 Å². The van der Waals surface area contributed by atoms with Gasteiger partial charge in [-0.15, -0.1) is 11.3 Å². The van der Waals surface area contributed by atoms with E-state index in [1.165, 1.54) is 30.8 Å². The molecule has 2 rings (SSSR count). The fraction of sp³-hybridized carbons (Fsp3) is 0.643. The van der Waals surface area contributed by atoms with E-state index in [4.69, 9.17) is 5.73 Å². The molecule has 1 aromatic rings. The van der Waals surface area contributed by atoms with Crippen LogP contribution >= 0.6 is 11.3 Å². The Bertz CT molecular complexity index is 411. The van der Waals surface area contributed by atoms with Crippen molar-refractivity contribution < 1.29 is 4.79 Å². The molecular weight excluding hydrogens is 258 g/mol. The van der Waals surface area contributed by atoms with Crippen LogP contribution < -0.4 is 11.1 Å². The largest absolute Gasteiger partial charge is 0.366 e. The van der Waals surface area contributed by atoms with Gasteiger partial charge in [0.2, 0.25) is 5.91 Å². The minimum Gasteiger partial charge on any atom is -0.366 e. The minimum absolute atomic E-state index is 0.343. The van der Waals surface area contributed by atoms with Gasteiger partial charge in [0, 0.05) is 29.9 Å². The quantitative estimate of drug-likeness (QED) is 0.780. The fourth-order valence-corrected chi connectivity index (χ4v) is 3.18. The standard InChI is InChI=1S/C14H23N3OS/c1-11-2-5-17(6-3-11)7-4-16-9-13-8-12(10-19-13)14(15)18/h8,10-11,16H,2-7,9H2,1H3,(H2,15,18). The normalized spacial score (nSPS) is 17.7. The van der Waals surface area contributed by atoms with Gasteiger partial charge in [-0.2, -0.15) is 0 Å². The lowest BCUT2D eigenvalue weighted by Gasteiger charge is -2.30. The van der Waals surface area contributed by atoms with Crippen molar-refractivity contribution in [2.45, 2.75) is 26.3 Å². The summed E-state index contributed by atoms with van der Waals surface area (Å²) in [5.74, 6) is 0.549. The van der Waals surface area contributed by atoms with Crippen molar-refractivity contribution >= 4 is 17.2 Å². The van der Waals surface area contributed by atoms with E-state index in [0.717, 1.165) is 25.6 Å². The van der Waals surface area contributed by atoms with E-state index in [-0.39, 0.29) is 5.91 Å². The summed E-state index contributed by atoms with van der Waals surface area (Å²) in [6, 6.07) is 1.88. The highest BCUT2D eigenvalue weighted by Gasteiger charge is 2.14. The van der Waals surface area contributed by atoms with E-state index in [1.807, 2.05) is 11.4 Å². The average Bonchev–Trinajstić information content (AvgIpc) is 2.86. The molecule has 1 saturated heterocycles. The van der Waals surface area contributed by atoms with Gasteiger partial charge >= 0.3 is 0 Å². The number of amides is 1. The second-order valence-electron chi connectivity index (χ2n) is 5.37. The van der Waals surface area contributed by atoms with E-state index in [1.54, 1.807) is 11.3 Å². The molecule has 0 atom stereocenters. The second-order valence-corrected chi connectivity index (χ2v) is 6.36. The van der Waals surface area contributed by atoms with Crippen LogP contribution in [0.1, 0.15) is 35.0 Å². The van der Waals surface area contributed by atoms with Gasteiger partial charge in [0.15, 0.2) is 0 Å². The molecule has 3 N–H and O–H groups in total. The maximum atomic E-state index is 11.0. The molecule has 2 heterocycles. The molecule has 0 aliphatic carbocycles. The van der Waals surface area contributed by atoms with Crippen molar-refractivity contribution in [2.75, 3.05) is 26.2 Å². The lowest BCUT2D eigenvalue weighted by Crippen LogP contribution is -2.37. The number of hydrogen-bond acceptors (Lipinski definition) is 4. The monoisotopic (exact) mass is 281 g/mol. The van der Waals surface area contributed by atoms with Crippen LogP contribution in [-0.4, -0.2) is 37.0 Å². The van der Waals surface area contributed by atoms with Gasteiger partial charge < -0.3 is 16.0 Å². The highest BCUT2D eigenvalue weighted by molar-refractivity contribution is 7.10. The molecule has 19 heavy (non-hydrogen) atoms. The maximum Gasteiger partial charge on any atom is 0.249 e. The summed E-state index contributed by atoms with van der Waals surface area (Å²) >= 11 is 1.59. The van der Waals surface area contributed by atoms with Crippen molar-refractivity contribution in [1.29, 1.82) is 0 Å². The third kappa shape index (κ3) is 4.60. The Morgan fingerprint density at radius 3 is 2.89 bits per heavy atom. The maximum absolute atomic E-state index is 11.0. The number of carbonyl (C=O) groups is 1. The van der Waals surface area contributed by atoms with Gasteiger partial charge in [-0.1, -0.05) is 6.92 Å². The second kappa shape index (κ2) is 7.03. The summed E-state index contributed by atoms with van der Waals surface area (Å²) in [4.78, 5) is 14.7. The predicted molar refractivity (Wildman–Crippen MR) is 79.4 cm³/mol. The SMILES string of the molecule is CC1CCN(CCNCc2cc(C(N)=O)cs2)CC1. The average molecular weight is 281 g/mol. The van der Waals surface area contributed by atoms with Crippen molar-refractivity contribution in [1.82, 2.24) is 10.2 Å². The first-order chi connectivity index (χ1) is 9.15. The number of hydrogen-bond donors (Lipinski definition) is 2. The molecule has 1 amide bonds. The number of likely N-dealkylation sites (tertiary alicyclic amines) is 1. The zero-order chi connectivity index (χ0) is 13.7. The van der Waals surface area contributed by atoms with Crippen LogP contribution in [0.15, 0.2) is 11.4 Å². The third-order valence-electron chi connectivity index (χ3n) is 3.72. The Morgan fingerprint density at radius 1 is 1.53 bits per heavy atom. The lowest BCUT2D eigenvalue weighted by atomic mass is 9.99. The molecule has 1 aliphatic rings. The molecule has 1 fully saturated rings. The predicted octanol–water partition coefficient (Wildman–Crippen LogP) is 1.67. The summed E-state index contributed by atoms with van der Waals surface area (Å²) in [5, 5.41) is 5.25. The Labute approximate surface area is 119 Å². The van der Waals surface area contributed by atoms with Crippen LogP contribution in [0, 0.1) is 5.92 Å². The summed E-state index contributed by atoms with van der Waals surface area (Å²) in [5.41, 5.74) is 5.85. The molecule has 0 aromatic carbocycles. The molecule has 4 nitrogen and oxygen atoms in total.